The average Bonchev–Trinajstić information content (AvgIpc) is 2.84. The molecule has 0 saturated carbocycles. The van der Waals surface area contributed by atoms with Gasteiger partial charge in [-0.3, -0.25) is 9.89 Å². The summed E-state index contributed by atoms with van der Waals surface area (Å²) < 4.78 is 1.01. The second-order valence-corrected chi connectivity index (χ2v) is 4.70. The van der Waals surface area contributed by atoms with Crippen LogP contribution in [-0.4, -0.2) is 15.8 Å². The summed E-state index contributed by atoms with van der Waals surface area (Å²) in [5, 5.41) is 5.12. The Balaban J connectivity index is 1.96. The lowest BCUT2D eigenvalue weighted by Gasteiger charge is -2.07. The Morgan fingerprint density at radius 1 is 1.00 bits per heavy atom. The predicted molar refractivity (Wildman–Crippen MR) is 85.8 cm³/mol. The summed E-state index contributed by atoms with van der Waals surface area (Å²) in [7, 11) is 0. The molecule has 0 spiro atoms. The molecule has 22 heavy (non-hydrogen) atoms. The maximum Gasteiger partial charge on any atom is 0.346 e. The number of para-hydroxylation sites is 1. The number of nitrogens with two attached hydrogens (primary N) is 1. The quantitative estimate of drug-likeness (QED) is 0.678. The Hall–Kier alpha value is -3.28. The molecule has 0 aliphatic heterocycles. The molecule has 3 aromatic rings. The number of rotatable bonds is 2. The number of hydrogen-bond donors (Lipinski definition) is 3. The molecule has 0 bridgehead atoms. The van der Waals surface area contributed by atoms with E-state index in [2.05, 4.69) is 10.4 Å². The monoisotopic (exact) mass is 294 g/mol. The fraction of sp³-hybridized carbons (Fsp3) is 0. The van der Waals surface area contributed by atoms with Crippen LogP contribution in [0.3, 0.4) is 0 Å². The van der Waals surface area contributed by atoms with Gasteiger partial charge in [0.2, 0.25) is 0 Å². The molecule has 2 aromatic carbocycles. The van der Waals surface area contributed by atoms with Crippen LogP contribution in [0.4, 0.5) is 16.3 Å². The van der Waals surface area contributed by atoms with Crippen molar-refractivity contribution in [3.05, 3.63) is 71.0 Å². The van der Waals surface area contributed by atoms with E-state index >= 15 is 0 Å². The number of nitrogen functional groups attached to an aromatic ring is 1. The molecular formula is C16H14N4O2. The molecule has 0 aliphatic rings. The normalized spacial score (nSPS) is 10.4. The van der Waals surface area contributed by atoms with Crippen LogP contribution in [-0.2, 0) is 0 Å². The van der Waals surface area contributed by atoms with Crippen LogP contribution in [0, 0.1) is 0 Å². The van der Waals surface area contributed by atoms with Crippen molar-refractivity contribution in [3.8, 4) is 11.1 Å². The molecule has 110 valence electrons. The Morgan fingerprint density at radius 3 is 2.23 bits per heavy atom. The van der Waals surface area contributed by atoms with Gasteiger partial charge in [-0.05, 0) is 17.7 Å². The second kappa shape index (κ2) is 5.61. The molecule has 1 amide bonds. The van der Waals surface area contributed by atoms with Gasteiger partial charge in [-0.25, -0.2) is 4.79 Å². The molecule has 0 aliphatic carbocycles. The molecule has 0 unspecified atom stereocenters. The Bertz CT molecular complexity index is 851. The van der Waals surface area contributed by atoms with Crippen molar-refractivity contribution in [2.45, 2.75) is 0 Å². The zero-order chi connectivity index (χ0) is 15.5. The van der Waals surface area contributed by atoms with E-state index in [1.165, 1.54) is 0 Å². The van der Waals surface area contributed by atoms with Crippen molar-refractivity contribution < 1.29 is 4.79 Å². The van der Waals surface area contributed by atoms with Crippen molar-refractivity contribution in [1.82, 2.24) is 9.78 Å². The van der Waals surface area contributed by atoms with Crippen LogP contribution in [0.2, 0.25) is 0 Å². The molecule has 1 aromatic heterocycles. The van der Waals surface area contributed by atoms with Crippen molar-refractivity contribution in [1.29, 1.82) is 0 Å². The highest BCUT2D eigenvalue weighted by Crippen LogP contribution is 2.21. The van der Waals surface area contributed by atoms with Crippen LogP contribution >= 0.6 is 0 Å². The summed E-state index contributed by atoms with van der Waals surface area (Å²) in [5.74, 6) is 0.0737. The third-order valence-corrected chi connectivity index (χ3v) is 3.23. The van der Waals surface area contributed by atoms with Crippen LogP contribution in [0.25, 0.3) is 11.1 Å². The number of hydrogen-bond acceptors (Lipinski definition) is 3. The van der Waals surface area contributed by atoms with E-state index in [4.69, 9.17) is 5.73 Å². The highest BCUT2D eigenvalue weighted by atomic mass is 16.2. The number of H-pyrrole nitrogens is 1. The van der Waals surface area contributed by atoms with Gasteiger partial charge in [-0.15, -0.1) is 0 Å². The van der Waals surface area contributed by atoms with Gasteiger partial charge in [-0.2, -0.15) is 4.68 Å². The summed E-state index contributed by atoms with van der Waals surface area (Å²) in [5.41, 5.74) is 7.11. The summed E-state index contributed by atoms with van der Waals surface area (Å²) >= 11 is 0. The number of carbonyl (C=O) groups is 1. The summed E-state index contributed by atoms with van der Waals surface area (Å²) in [6.45, 7) is 0. The first-order valence-electron chi connectivity index (χ1n) is 6.69. The molecular weight excluding hydrogens is 280 g/mol. The maximum absolute atomic E-state index is 12.2. The summed E-state index contributed by atoms with van der Waals surface area (Å²) in [4.78, 5) is 24.3. The van der Waals surface area contributed by atoms with E-state index in [-0.39, 0.29) is 11.4 Å². The number of nitrogens with one attached hydrogen (secondary N) is 2. The van der Waals surface area contributed by atoms with Crippen LogP contribution < -0.4 is 16.6 Å². The Morgan fingerprint density at radius 2 is 1.59 bits per heavy atom. The van der Waals surface area contributed by atoms with Gasteiger partial charge in [0.25, 0.3) is 5.56 Å². The third-order valence-electron chi connectivity index (χ3n) is 3.23. The van der Waals surface area contributed by atoms with Crippen molar-refractivity contribution >= 4 is 17.5 Å². The largest absolute Gasteiger partial charge is 0.383 e. The van der Waals surface area contributed by atoms with Crippen LogP contribution in [0.1, 0.15) is 0 Å². The Labute approximate surface area is 126 Å². The van der Waals surface area contributed by atoms with Gasteiger partial charge in [0, 0.05) is 5.69 Å². The van der Waals surface area contributed by atoms with Crippen molar-refractivity contribution in [2.75, 3.05) is 11.1 Å². The topological polar surface area (TPSA) is 92.9 Å². The highest BCUT2D eigenvalue weighted by Gasteiger charge is 2.18. The van der Waals surface area contributed by atoms with Gasteiger partial charge in [0.15, 0.2) is 0 Å². The lowest BCUT2D eigenvalue weighted by atomic mass is 10.1. The molecule has 0 atom stereocenters. The predicted octanol–water partition coefficient (Wildman–Crippen LogP) is 2.51. The number of amides is 1. The van der Waals surface area contributed by atoms with Crippen molar-refractivity contribution in [2.24, 2.45) is 0 Å². The first-order chi connectivity index (χ1) is 10.7. The fourth-order valence-corrected chi connectivity index (χ4v) is 2.19. The lowest BCUT2D eigenvalue weighted by Crippen LogP contribution is -2.23. The minimum Gasteiger partial charge on any atom is -0.383 e. The molecule has 0 saturated heterocycles. The van der Waals surface area contributed by atoms with Gasteiger partial charge < -0.3 is 11.1 Å². The number of benzene rings is 2. The van der Waals surface area contributed by atoms with Gasteiger partial charge in [-0.1, -0.05) is 48.5 Å². The minimum absolute atomic E-state index is 0.0737. The minimum atomic E-state index is -0.525. The van der Waals surface area contributed by atoms with Crippen LogP contribution in [0.15, 0.2) is 65.5 Å². The molecule has 6 heteroatoms. The summed E-state index contributed by atoms with van der Waals surface area (Å²) in [6.07, 6.45) is 0. The first-order valence-corrected chi connectivity index (χ1v) is 6.69. The van der Waals surface area contributed by atoms with Gasteiger partial charge >= 0.3 is 6.03 Å². The molecule has 4 N–H and O–H groups in total. The van der Waals surface area contributed by atoms with E-state index < -0.39 is 11.6 Å². The van der Waals surface area contributed by atoms with E-state index in [1.807, 2.05) is 12.1 Å². The Kier molecular flexibility index (Phi) is 3.49. The number of aromatic nitrogens is 2. The van der Waals surface area contributed by atoms with E-state index in [9.17, 15) is 9.59 Å². The van der Waals surface area contributed by atoms with E-state index in [0.29, 0.717) is 11.3 Å². The molecule has 0 radical (unpaired) electrons. The summed E-state index contributed by atoms with van der Waals surface area (Å²) in [6, 6.07) is 17.4. The number of anilines is 2. The van der Waals surface area contributed by atoms with Crippen molar-refractivity contribution in [3.63, 3.8) is 0 Å². The lowest BCUT2D eigenvalue weighted by molar-refractivity contribution is 0.251. The van der Waals surface area contributed by atoms with Gasteiger partial charge in [0.1, 0.15) is 5.82 Å². The number of aromatic amines is 1. The molecule has 1 heterocycles. The average molecular weight is 294 g/mol. The zero-order valence-electron chi connectivity index (χ0n) is 11.6. The van der Waals surface area contributed by atoms with Crippen LogP contribution in [0.5, 0.6) is 0 Å². The first kappa shape index (κ1) is 13.7. The number of nitrogens with zero attached hydrogens (tertiary/aromatic N) is 1. The third kappa shape index (κ3) is 2.49. The maximum atomic E-state index is 12.2. The molecule has 3 rings (SSSR count). The van der Waals surface area contributed by atoms with E-state index in [0.717, 1.165) is 4.68 Å². The zero-order valence-corrected chi connectivity index (χ0v) is 11.6. The molecule has 0 fully saturated rings. The smallest absolute Gasteiger partial charge is 0.346 e. The number of carbonyl (C=O) groups excluding carboxylic acids is 1. The standard InChI is InChI=1S/C16H14N4O2/c17-14-13(11-7-3-1-4-8-11)15(21)19-20(14)16(22)18-12-9-5-2-6-10-12/h1-10H,17H2,(H,18,22)(H,19,21). The second-order valence-electron chi connectivity index (χ2n) is 4.70. The van der Waals surface area contributed by atoms with Gasteiger partial charge in [0.05, 0.1) is 5.56 Å². The van der Waals surface area contributed by atoms with E-state index in [1.54, 1.807) is 48.5 Å². The SMILES string of the molecule is Nc1c(-c2ccccc2)c(=O)[nH]n1C(=O)Nc1ccccc1. The highest BCUT2D eigenvalue weighted by molar-refractivity contribution is 5.94. The molecule has 6 nitrogen and oxygen atoms in total. The fourth-order valence-electron chi connectivity index (χ4n) is 2.19.